The molecule has 0 aliphatic carbocycles. The summed E-state index contributed by atoms with van der Waals surface area (Å²) in [5.41, 5.74) is 0. The quantitative estimate of drug-likeness (QED) is 0.782. The number of hydrogen-bond donors (Lipinski definition) is 1. The van der Waals surface area contributed by atoms with Gasteiger partial charge in [0.1, 0.15) is 0 Å². The van der Waals surface area contributed by atoms with E-state index >= 15 is 0 Å². The highest BCUT2D eigenvalue weighted by Crippen LogP contribution is 2.09. The van der Waals surface area contributed by atoms with Crippen molar-refractivity contribution < 1.29 is 14.3 Å². The highest BCUT2D eigenvalue weighted by atomic mass is 16.4. The highest BCUT2D eigenvalue weighted by molar-refractivity contribution is 5.67. The van der Waals surface area contributed by atoms with Crippen LogP contribution < -0.4 is 0 Å². The third-order valence-corrected chi connectivity index (χ3v) is 2.41. The number of nitrogens with zero attached hydrogens (tertiary/aromatic N) is 3. The van der Waals surface area contributed by atoms with Crippen LogP contribution in [-0.2, 0) is 11.3 Å². The lowest BCUT2D eigenvalue weighted by Crippen LogP contribution is -2.34. The van der Waals surface area contributed by atoms with Crippen LogP contribution in [0.15, 0.2) is 4.42 Å². The zero-order chi connectivity index (χ0) is 12.1. The van der Waals surface area contributed by atoms with Gasteiger partial charge in [-0.2, -0.15) is 0 Å². The summed E-state index contributed by atoms with van der Waals surface area (Å²) in [7, 11) is 0. The molecule has 0 spiro atoms. The van der Waals surface area contributed by atoms with Gasteiger partial charge in [0.05, 0.1) is 13.0 Å². The molecule has 1 heterocycles. The first-order chi connectivity index (χ1) is 7.52. The van der Waals surface area contributed by atoms with Gasteiger partial charge < -0.3 is 9.52 Å². The zero-order valence-corrected chi connectivity index (χ0v) is 9.80. The smallest absolute Gasteiger partial charge is 0.304 e. The van der Waals surface area contributed by atoms with Crippen molar-refractivity contribution in [2.45, 2.75) is 39.8 Å². The van der Waals surface area contributed by atoms with Gasteiger partial charge in [0, 0.05) is 13.0 Å². The molecule has 6 nitrogen and oxygen atoms in total. The molecule has 0 aliphatic heterocycles. The molecule has 0 radical (unpaired) electrons. The van der Waals surface area contributed by atoms with Gasteiger partial charge in [0.15, 0.2) is 0 Å². The highest BCUT2D eigenvalue weighted by Gasteiger charge is 2.17. The molecule has 1 N–H and O–H groups in total. The SMILES string of the molecule is CCN(Cc1nnc(C)o1)C(C)CC(=O)O. The van der Waals surface area contributed by atoms with Crippen LogP contribution in [0.4, 0.5) is 0 Å². The van der Waals surface area contributed by atoms with Crippen LogP contribution in [-0.4, -0.2) is 38.8 Å². The maximum absolute atomic E-state index is 10.6. The van der Waals surface area contributed by atoms with E-state index in [1.807, 2.05) is 18.7 Å². The Hall–Kier alpha value is -1.43. The van der Waals surface area contributed by atoms with E-state index in [1.165, 1.54) is 0 Å². The number of hydrogen-bond acceptors (Lipinski definition) is 5. The third kappa shape index (κ3) is 3.62. The Labute approximate surface area is 94.3 Å². The lowest BCUT2D eigenvalue weighted by atomic mass is 10.2. The van der Waals surface area contributed by atoms with E-state index in [0.29, 0.717) is 18.3 Å². The summed E-state index contributed by atoms with van der Waals surface area (Å²) >= 11 is 0. The summed E-state index contributed by atoms with van der Waals surface area (Å²) in [6.07, 6.45) is 0.112. The first kappa shape index (κ1) is 12.6. The summed E-state index contributed by atoms with van der Waals surface area (Å²) in [6.45, 7) is 6.82. The minimum atomic E-state index is -0.798. The number of aryl methyl sites for hydroxylation is 1. The second kappa shape index (κ2) is 5.60. The zero-order valence-electron chi connectivity index (χ0n) is 9.80. The monoisotopic (exact) mass is 227 g/mol. The van der Waals surface area contributed by atoms with Gasteiger partial charge >= 0.3 is 5.97 Å². The van der Waals surface area contributed by atoms with Crippen molar-refractivity contribution in [3.05, 3.63) is 11.8 Å². The van der Waals surface area contributed by atoms with Crippen LogP contribution in [0.2, 0.25) is 0 Å². The van der Waals surface area contributed by atoms with Gasteiger partial charge in [-0.05, 0) is 13.5 Å². The third-order valence-electron chi connectivity index (χ3n) is 2.41. The molecule has 1 rings (SSSR count). The number of rotatable bonds is 6. The predicted molar refractivity (Wildman–Crippen MR) is 56.8 cm³/mol. The van der Waals surface area contributed by atoms with Crippen LogP contribution in [0.5, 0.6) is 0 Å². The van der Waals surface area contributed by atoms with Gasteiger partial charge in [-0.3, -0.25) is 9.69 Å². The maximum Gasteiger partial charge on any atom is 0.304 e. The number of aliphatic carboxylic acids is 1. The van der Waals surface area contributed by atoms with Gasteiger partial charge in [0.2, 0.25) is 11.8 Å². The van der Waals surface area contributed by atoms with Gasteiger partial charge in [-0.25, -0.2) is 0 Å². The lowest BCUT2D eigenvalue weighted by Gasteiger charge is -2.24. The molecule has 0 aliphatic rings. The molecule has 0 saturated heterocycles. The minimum Gasteiger partial charge on any atom is -0.481 e. The molecular formula is C10H17N3O3. The first-order valence-corrected chi connectivity index (χ1v) is 5.27. The normalized spacial score (nSPS) is 13.0. The molecule has 1 unspecified atom stereocenters. The standard InChI is InChI=1S/C10H17N3O3/c1-4-13(7(2)5-10(14)15)6-9-12-11-8(3)16-9/h7H,4-6H2,1-3H3,(H,14,15). The van der Waals surface area contributed by atoms with E-state index in [1.54, 1.807) is 6.92 Å². The summed E-state index contributed by atoms with van der Waals surface area (Å²) < 4.78 is 5.26. The maximum atomic E-state index is 10.6. The first-order valence-electron chi connectivity index (χ1n) is 5.27. The minimum absolute atomic E-state index is 0.0466. The number of carbonyl (C=O) groups is 1. The van der Waals surface area contributed by atoms with Crippen molar-refractivity contribution in [2.75, 3.05) is 6.54 Å². The lowest BCUT2D eigenvalue weighted by molar-refractivity contribution is -0.138. The molecule has 1 atom stereocenters. The van der Waals surface area contributed by atoms with Crippen molar-refractivity contribution in [3.8, 4) is 0 Å². The Kier molecular flexibility index (Phi) is 4.42. The molecule has 6 heteroatoms. The van der Waals surface area contributed by atoms with Crippen molar-refractivity contribution in [3.63, 3.8) is 0 Å². The summed E-state index contributed by atoms with van der Waals surface area (Å²) in [6, 6.07) is -0.0466. The molecular weight excluding hydrogens is 210 g/mol. The molecule has 1 aromatic rings. The van der Waals surface area contributed by atoms with Crippen molar-refractivity contribution in [2.24, 2.45) is 0 Å². The van der Waals surface area contributed by atoms with Crippen LogP contribution in [0.1, 0.15) is 32.0 Å². The van der Waals surface area contributed by atoms with Crippen molar-refractivity contribution in [1.29, 1.82) is 0 Å². The Bertz CT molecular complexity index is 351. The van der Waals surface area contributed by atoms with E-state index in [2.05, 4.69) is 10.2 Å². The molecule has 0 aromatic carbocycles. The second-order valence-corrected chi connectivity index (χ2v) is 3.72. The van der Waals surface area contributed by atoms with E-state index in [4.69, 9.17) is 9.52 Å². The fraction of sp³-hybridized carbons (Fsp3) is 0.700. The second-order valence-electron chi connectivity index (χ2n) is 3.72. The number of carboxylic acids is 1. The average molecular weight is 227 g/mol. The van der Waals surface area contributed by atoms with Crippen LogP contribution in [0, 0.1) is 6.92 Å². The fourth-order valence-corrected chi connectivity index (χ4v) is 1.54. The van der Waals surface area contributed by atoms with E-state index in [9.17, 15) is 4.79 Å². The summed E-state index contributed by atoms with van der Waals surface area (Å²) in [5, 5.41) is 16.3. The van der Waals surface area contributed by atoms with E-state index in [-0.39, 0.29) is 12.5 Å². The molecule has 90 valence electrons. The Morgan fingerprint density at radius 1 is 1.56 bits per heavy atom. The Morgan fingerprint density at radius 3 is 2.69 bits per heavy atom. The van der Waals surface area contributed by atoms with Crippen LogP contribution in [0.3, 0.4) is 0 Å². The topological polar surface area (TPSA) is 79.5 Å². The Balaban J connectivity index is 2.57. The molecule has 0 fully saturated rings. The van der Waals surface area contributed by atoms with E-state index < -0.39 is 5.97 Å². The van der Waals surface area contributed by atoms with Crippen molar-refractivity contribution >= 4 is 5.97 Å². The van der Waals surface area contributed by atoms with Crippen molar-refractivity contribution in [1.82, 2.24) is 15.1 Å². The average Bonchev–Trinajstić information content (AvgIpc) is 2.59. The molecule has 0 amide bonds. The summed E-state index contributed by atoms with van der Waals surface area (Å²) in [5.74, 6) is 0.251. The van der Waals surface area contributed by atoms with Gasteiger partial charge in [0.25, 0.3) is 0 Å². The number of aromatic nitrogens is 2. The molecule has 0 bridgehead atoms. The van der Waals surface area contributed by atoms with Crippen LogP contribution >= 0.6 is 0 Å². The fourth-order valence-electron chi connectivity index (χ4n) is 1.54. The van der Waals surface area contributed by atoms with Gasteiger partial charge in [-0.15, -0.1) is 10.2 Å². The Morgan fingerprint density at radius 2 is 2.25 bits per heavy atom. The molecule has 1 aromatic heterocycles. The summed E-state index contributed by atoms with van der Waals surface area (Å²) in [4.78, 5) is 12.6. The molecule has 16 heavy (non-hydrogen) atoms. The van der Waals surface area contributed by atoms with Gasteiger partial charge in [-0.1, -0.05) is 6.92 Å². The molecule has 0 saturated carbocycles. The number of carboxylic acid groups (broad SMARTS) is 1. The van der Waals surface area contributed by atoms with E-state index in [0.717, 1.165) is 6.54 Å². The largest absolute Gasteiger partial charge is 0.481 e. The van der Waals surface area contributed by atoms with Crippen LogP contribution in [0.25, 0.3) is 0 Å². The predicted octanol–water partition coefficient (Wildman–Crippen LogP) is 1.06.